The van der Waals surface area contributed by atoms with E-state index in [1.807, 2.05) is 12.1 Å². The zero-order valence-corrected chi connectivity index (χ0v) is 18.8. The summed E-state index contributed by atoms with van der Waals surface area (Å²) in [6.45, 7) is -3.88. The van der Waals surface area contributed by atoms with Gasteiger partial charge in [0.25, 0.3) is 0 Å². The maximum absolute atomic E-state index is 15.0. The van der Waals surface area contributed by atoms with Gasteiger partial charge in [-0.15, -0.1) is 11.3 Å². The van der Waals surface area contributed by atoms with Gasteiger partial charge in [-0.1, -0.05) is 42.2 Å². The molecule has 2 aliphatic heterocycles. The molecule has 162 valence electrons. The Labute approximate surface area is 199 Å². The number of thiophene rings is 1. The van der Waals surface area contributed by atoms with Crippen LogP contribution >= 0.6 is 11.3 Å². The molecule has 2 nitrogen and oxygen atoms in total. The first-order chi connectivity index (χ1) is 16.6. The van der Waals surface area contributed by atoms with Crippen molar-refractivity contribution in [3.05, 3.63) is 123 Å². The molecule has 0 fully saturated rings. The molecule has 4 heterocycles. The largest absolute Gasteiger partial charge is 0.737 e. The van der Waals surface area contributed by atoms with Gasteiger partial charge in [0.15, 0.2) is 5.70 Å². The molecule has 4 aromatic rings. The minimum Gasteiger partial charge on any atom is -0.396 e. The number of allylic oxidation sites excluding steroid dienone is 2. The Hall–Kier alpha value is -3.95. The number of benzene rings is 2. The molecule has 0 amide bonds. The summed E-state index contributed by atoms with van der Waals surface area (Å²) in [6, 6.07) is 22.3. The van der Waals surface area contributed by atoms with E-state index in [-0.39, 0.29) is 0 Å². The highest BCUT2D eigenvalue weighted by atomic mass is 32.1. The highest BCUT2D eigenvalue weighted by Gasteiger charge is 2.51. The molecular formula is C28H17BF2N2S. The van der Waals surface area contributed by atoms with E-state index < -0.39 is 6.97 Å². The van der Waals surface area contributed by atoms with Gasteiger partial charge in [-0.25, -0.2) is 0 Å². The van der Waals surface area contributed by atoms with E-state index in [2.05, 4.69) is 54.3 Å². The van der Waals surface area contributed by atoms with Crippen molar-refractivity contribution < 1.29 is 13.1 Å². The van der Waals surface area contributed by atoms with Gasteiger partial charge in [0.1, 0.15) is 6.21 Å². The van der Waals surface area contributed by atoms with E-state index in [0.29, 0.717) is 11.4 Å². The fourth-order valence-corrected chi connectivity index (χ4v) is 6.09. The van der Waals surface area contributed by atoms with Crippen LogP contribution in [0.15, 0.2) is 90.8 Å². The van der Waals surface area contributed by atoms with Gasteiger partial charge in [0.2, 0.25) is 0 Å². The Morgan fingerprint density at radius 2 is 1.79 bits per heavy atom. The molecule has 2 aromatic carbocycles. The molecule has 0 N–H and O–H groups in total. The van der Waals surface area contributed by atoms with Gasteiger partial charge in [-0.2, -0.15) is 0 Å². The summed E-state index contributed by atoms with van der Waals surface area (Å²) in [7, 11) is 0. The molecule has 0 radical (unpaired) electrons. The quantitative estimate of drug-likeness (QED) is 0.208. The summed E-state index contributed by atoms with van der Waals surface area (Å²) in [5.74, 6) is 6.58. The summed E-state index contributed by atoms with van der Waals surface area (Å²) >= 11 is 1.53. The molecule has 0 spiro atoms. The number of fused-ring (bicyclic) bond motifs is 5. The highest BCUT2D eigenvalue weighted by molar-refractivity contribution is 7.13. The third kappa shape index (κ3) is 2.77. The van der Waals surface area contributed by atoms with E-state index >= 15 is 0 Å². The van der Waals surface area contributed by atoms with Crippen LogP contribution in [0.1, 0.15) is 32.1 Å². The average molecular weight is 462 g/mol. The van der Waals surface area contributed by atoms with Crippen LogP contribution in [0.25, 0.3) is 16.7 Å². The van der Waals surface area contributed by atoms with Crippen LogP contribution in [0, 0.1) is 11.8 Å². The first kappa shape index (κ1) is 19.5. The SMILES string of the molecule is F[B-]1(F)n2cccc2C(c2ccc(C#Cc3ccc4c(c3)Cc3ccccc3-4)s2)=C2C=CC=[N+]21. The number of rotatable bonds is 1. The number of hydrogen-bond acceptors (Lipinski definition) is 1. The van der Waals surface area contributed by atoms with Crippen LogP contribution < -0.4 is 0 Å². The Balaban J connectivity index is 1.23. The molecule has 3 aliphatic rings. The molecule has 34 heavy (non-hydrogen) atoms. The van der Waals surface area contributed by atoms with Crippen molar-refractivity contribution in [3.63, 3.8) is 0 Å². The molecule has 0 bridgehead atoms. The Morgan fingerprint density at radius 3 is 2.74 bits per heavy atom. The third-order valence-electron chi connectivity index (χ3n) is 6.72. The second-order valence-electron chi connectivity index (χ2n) is 8.68. The third-order valence-corrected chi connectivity index (χ3v) is 7.73. The normalized spacial score (nSPS) is 16.4. The van der Waals surface area contributed by atoms with E-state index in [1.54, 1.807) is 24.3 Å². The maximum Gasteiger partial charge on any atom is 0.737 e. The van der Waals surface area contributed by atoms with Crippen LogP contribution in [0.5, 0.6) is 0 Å². The fraction of sp³-hybridized carbons (Fsp3) is 0.0357. The van der Waals surface area contributed by atoms with Gasteiger partial charge in [-0.3, -0.25) is 0 Å². The van der Waals surface area contributed by atoms with E-state index in [0.717, 1.165) is 36.3 Å². The van der Waals surface area contributed by atoms with Crippen LogP contribution in [0.2, 0.25) is 0 Å². The summed E-state index contributed by atoms with van der Waals surface area (Å²) in [5.41, 5.74) is 8.14. The fourth-order valence-electron chi connectivity index (χ4n) is 5.17. The zero-order valence-electron chi connectivity index (χ0n) is 18.0. The van der Waals surface area contributed by atoms with Crippen molar-refractivity contribution in [1.82, 2.24) is 4.48 Å². The molecular weight excluding hydrogens is 445 g/mol. The molecule has 2 aromatic heterocycles. The Morgan fingerprint density at radius 1 is 0.912 bits per heavy atom. The van der Waals surface area contributed by atoms with Gasteiger partial charge in [-0.05, 0) is 71.3 Å². The first-order valence-corrected chi connectivity index (χ1v) is 12.0. The van der Waals surface area contributed by atoms with Gasteiger partial charge in [0, 0.05) is 28.3 Å². The van der Waals surface area contributed by atoms with Gasteiger partial charge >= 0.3 is 6.97 Å². The average Bonchev–Trinajstić information content (AvgIpc) is 3.63. The van der Waals surface area contributed by atoms with Crippen molar-refractivity contribution in [2.45, 2.75) is 6.42 Å². The second-order valence-corrected chi connectivity index (χ2v) is 9.77. The van der Waals surface area contributed by atoms with Crippen LogP contribution in [0.3, 0.4) is 0 Å². The minimum absolute atomic E-state index is 0.538. The summed E-state index contributed by atoms with van der Waals surface area (Å²) in [4.78, 5) is 1.84. The first-order valence-electron chi connectivity index (χ1n) is 11.2. The molecule has 0 unspecified atom stereocenters. The Bertz CT molecular complexity index is 1670. The van der Waals surface area contributed by atoms with Crippen LogP contribution in [-0.4, -0.2) is 22.1 Å². The maximum atomic E-state index is 15.0. The van der Waals surface area contributed by atoms with Crippen molar-refractivity contribution in [3.8, 4) is 23.0 Å². The number of nitrogens with zero attached hydrogens (tertiary/aromatic N) is 2. The van der Waals surface area contributed by atoms with Crippen molar-refractivity contribution in [2.75, 3.05) is 0 Å². The Kier molecular flexibility index (Phi) is 4.03. The number of hydrogen-bond donors (Lipinski definition) is 0. The van der Waals surface area contributed by atoms with Crippen molar-refractivity contribution in [2.24, 2.45) is 0 Å². The molecule has 7 rings (SSSR count). The lowest BCUT2D eigenvalue weighted by Crippen LogP contribution is -2.49. The monoisotopic (exact) mass is 462 g/mol. The molecule has 0 atom stereocenters. The summed E-state index contributed by atoms with van der Waals surface area (Å²) in [6.07, 6.45) is 7.29. The minimum atomic E-state index is -3.88. The molecule has 0 saturated heterocycles. The number of aromatic nitrogens is 1. The van der Waals surface area contributed by atoms with Crippen molar-refractivity contribution in [1.29, 1.82) is 0 Å². The van der Waals surface area contributed by atoms with Gasteiger partial charge in [0.05, 0.1) is 10.5 Å². The highest BCUT2D eigenvalue weighted by Crippen LogP contribution is 2.40. The lowest BCUT2D eigenvalue weighted by Gasteiger charge is -2.30. The topological polar surface area (TPSA) is 7.94 Å². The lowest BCUT2D eigenvalue weighted by atomic mass is 9.88. The lowest BCUT2D eigenvalue weighted by molar-refractivity contribution is -0.356. The van der Waals surface area contributed by atoms with Crippen LogP contribution in [0.4, 0.5) is 8.63 Å². The molecule has 0 saturated carbocycles. The zero-order chi connectivity index (χ0) is 22.9. The molecule has 1 aliphatic carbocycles. The number of halogens is 2. The summed E-state index contributed by atoms with van der Waals surface area (Å²) < 4.78 is 32.2. The van der Waals surface area contributed by atoms with E-state index in [4.69, 9.17) is 0 Å². The second kappa shape index (κ2) is 7.03. The van der Waals surface area contributed by atoms with Crippen LogP contribution in [-0.2, 0) is 6.42 Å². The van der Waals surface area contributed by atoms with Crippen molar-refractivity contribution >= 4 is 30.1 Å². The van der Waals surface area contributed by atoms with Gasteiger partial charge < -0.3 is 17.6 Å². The smallest absolute Gasteiger partial charge is 0.396 e. The predicted molar refractivity (Wildman–Crippen MR) is 134 cm³/mol. The van der Waals surface area contributed by atoms with E-state index in [9.17, 15) is 8.63 Å². The standard InChI is InChI=1S/C28H17BF2N2S/c30-29(31)32-15-3-7-25(32)28(26-8-4-16-33(26)29)27-14-12-22(34-27)11-9-19-10-13-24-21(17-19)18-20-5-1-2-6-23(20)24/h1-8,10,12-17H,18H2. The van der Waals surface area contributed by atoms with E-state index in [1.165, 1.54) is 46.0 Å². The molecule has 6 heteroatoms. The predicted octanol–water partition coefficient (Wildman–Crippen LogP) is 6.17. The summed E-state index contributed by atoms with van der Waals surface area (Å²) in [5, 5.41) is 0.